The van der Waals surface area contributed by atoms with Crippen molar-refractivity contribution in [2.24, 2.45) is 0 Å². The minimum Gasteiger partial charge on any atom is -0.354 e. The number of aryl methyl sites for hydroxylation is 1. The highest BCUT2D eigenvalue weighted by atomic mass is 15.1. The summed E-state index contributed by atoms with van der Waals surface area (Å²) in [5, 5.41) is 3.19. The van der Waals surface area contributed by atoms with Gasteiger partial charge in [-0.1, -0.05) is 6.92 Å². The molecule has 2 heterocycles. The number of aromatic nitrogens is 3. The van der Waals surface area contributed by atoms with Crippen molar-refractivity contribution < 1.29 is 0 Å². The summed E-state index contributed by atoms with van der Waals surface area (Å²) < 4.78 is 0. The zero-order chi connectivity index (χ0) is 12.1. The molecule has 2 aromatic rings. The third-order valence-electron chi connectivity index (χ3n) is 2.46. The van der Waals surface area contributed by atoms with E-state index in [4.69, 9.17) is 0 Å². The summed E-state index contributed by atoms with van der Waals surface area (Å²) in [5.41, 5.74) is 3.10. The number of hydrogen-bond acceptors (Lipinski definition) is 4. The Balaban J connectivity index is 2.33. The summed E-state index contributed by atoms with van der Waals surface area (Å²) >= 11 is 0. The van der Waals surface area contributed by atoms with Gasteiger partial charge in [-0.2, -0.15) is 0 Å². The highest BCUT2D eigenvalue weighted by molar-refractivity contribution is 5.62. The smallest absolute Gasteiger partial charge is 0.223 e. The van der Waals surface area contributed by atoms with Gasteiger partial charge in [-0.3, -0.25) is 4.98 Å². The van der Waals surface area contributed by atoms with Gasteiger partial charge in [0.1, 0.15) is 0 Å². The molecule has 2 aromatic heterocycles. The maximum Gasteiger partial charge on any atom is 0.223 e. The lowest BCUT2D eigenvalue weighted by atomic mass is 10.1. The van der Waals surface area contributed by atoms with E-state index in [1.807, 2.05) is 25.3 Å². The van der Waals surface area contributed by atoms with Crippen LogP contribution in [-0.2, 0) is 0 Å². The third-order valence-corrected chi connectivity index (χ3v) is 2.46. The monoisotopic (exact) mass is 228 g/mol. The van der Waals surface area contributed by atoms with E-state index in [2.05, 4.69) is 27.2 Å². The van der Waals surface area contributed by atoms with Crippen LogP contribution in [-0.4, -0.2) is 21.5 Å². The Morgan fingerprint density at radius 2 is 2.00 bits per heavy atom. The zero-order valence-electron chi connectivity index (χ0n) is 10.1. The molecule has 88 valence electrons. The van der Waals surface area contributed by atoms with Crippen molar-refractivity contribution in [3.8, 4) is 11.3 Å². The molecule has 0 unspecified atom stereocenters. The first-order valence-corrected chi connectivity index (χ1v) is 5.79. The quantitative estimate of drug-likeness (QED) is 0.874. The SMILES string of the molecule is CCCNc1ncc(C)c(-c2ccncc2)n1. The lowest BCUT2D eigenvalue weighted by molar-refractivity contribution is 0.950. The lowest BCUT2D eigenvalue weighted by Gasteiger charge is -2.08. The second kappa shape index (κ2) is 5.39. The first kappa shape index (κ1) is 11.5. The third kappa shape index (κ3) is 2.78. The minimum atomic E-state index is 0.685. The summed E-state index contributed by atoms with van der Waals surface area (Å²) in [4.78, 5) is 12.8. The lowest BCUT2D eigenvalue weighted by Crippen LogP contribution is -2.05. The number of hydrogen-bond donors (Lipinski definition) is 1. The van der Waals surface area contributed by atoms with Gasteiger partial charge in [0.25, 0.3) is 0 Å². The largest absolute Gasteiger partial charge is 0.354 e. The van der Waals surface area contributed by atoms with Gasteiger partial charge in [0.15, 0.2) is 0 Å². The molecule has 0 spiro atoms. The Morgan fingerprint density at radius 1 is 1.24 bits per heavy atom. The second-order valence-electron chi connectivity index (χ2n) is 3.89. The van der Waals surface area contributed by atoms with Crippen LogP contribution >= 0.6 is 0 Å². The summed E-state index contributed by atoms with van der Waals surface area (Å²) in [6.45, 7) is 5.02. The van der Waals surface area contributed by atoms with E-state index in [-0.39, 0.29) is 0 Å². The van der Waals surface area contributed by atoms with E-state index in [0.29, 0.717) is 5.95 Å². The molecule has 0 aromatic carbocycles. The van der Waals surface area contributed by atoms with Crippen LogP contribution in [0.2, 0.25) is 0 Å². The van der Waals surface area contributed by atoms with E-state index < -0.39 is 0 Å². The summed E-state index contributed by atoms with van der Waals surface area (Å²) in [6.07, 6.45) is 6.45. The Kier molecular flexibility index (Phi) is 3.65. The molecule has 0 aliphatic carbocycles. The van der Waals surface area contributed by atoms with E-state index in [0.717, 1.165) is 29.8 Å². The molecule has 0 bridgehead atoms. The van der Waals surface area contributed by atoms with E-state index >= 15 is 0 Å². The molecule has 2 rings (SSSR count). The first-order valence-electron chi connectivity index (χ1n) is 5.79. The van der Waals surface area contributed by atoms with Gasteiger partial charge in [-0.25, -0.2) is 9.97 Å². The Bertz CT molecular complexity index is 482. The van der Waals surface area contributed by atoms with Crippen molar-refractivity contribution >= 4 is 5.95 Å². The first-order chi connectivity index (χ1) is 8.31. The molecular weight excluding hydrogens is 212 g/mol. The van der Waals surface area contributed by atoms with Gasteiger partial charge in [-0.15, -0.1) is 0 Å². The summed E-state index contributed by atoms with van der Waals surface area (Å²) in [5.74, 6) is 0.685. The fraction of sp³-hybridized carbons (Fsp3) is 0.308. The van der Waals surface area contributed by atoms with E-state index in [1.54, 1.807) is 12.4 Å². The van der Waals surface area contributed by atoms with Gasteiger partial charge in [0.2, 0.25) is 5.95 Å². The molecule has 17 heavy (non-hydrogen) atoms. The topological polar surface area (TPSA) is 50.7 Å². The number of rotatable bonds is 4. The van der Waals surface area contributed by atoms with Crippen molar-refractivity contribution in [1.82, 2.24) is 15.0 Å². The maximum absolute atomic E-state index is 4.53. The average Bonchev–Trinajstić information content (AvgIpc) is 2.39. The molecular formula is C13H16N4. The van der Waals surface area contributed by atoms with Crippen LogP contribution in [0.1, 0.15) is 18.9 Å². The Labute approximate surface area is 101 Å². The fourth-order valence-corrected chi connectivity index (χ4v) is 1.57. The van der Waals surface area contributed by atoms with Gasteiger partial charge < -0.3 is 5.32 Å². The highest BCUT2D eigenvalue weighted by Crippen LogP contribution is 2.20. The molecule has 0 amide bonds. The van der Waals surface area contributed by atoms with Crippen LogP contribution in [0.5, 0.6) is 0 Å². The molecule has 0 atom stereocenters. The maximum atomic E-state index is 4.53. The van der Waals surface area contributed by atoms with Crippen molar-refractivity contribution in [2.45, 2.75) is 20.3 Å². The molecule has 0 saturated carbocycles. The molecule has 4 nitrogen and oxygen atoms in total. The van der Waals surface area contributed by atoms with Crippen molar-refractivity contribution in [3.63, 3.8) is 0 Å². The molecule has 0 aliphatic heterocycles. The molecule has 0 fully saturated rings. The van der Waals surface area contributed by atoms with Crippen molar-refractivity contribution in [3.05, 3.63) is 36.3 Å². The van der Waals surface area contributed by atoms with Gasteiger partial charge >= 0.3 is 0 Å². The fourth-order valence-electron chi connectivity index (χ4n) is 1.57. The summed E-state index contributed by atoms with van der Waals surface area (Å²) in [7, 11) is 0. The van der Waals surface area contributed by atoms with Crippen LogP contribution in [0.3, 0.4) is 0 Å². The Morgan fingerprint density at radius 3 is 2.71 bits per heavy atom. The Hall–Kier alpha value is -1.97. The normalized spacial score (nSPS) is 10.2. The second-order valence-corrected chi connectivity index (χ2v) is 3.89. The van der Waals surface area contributed by atoms with Crippen LogP contribution in [0.25, 0.3) is 11.3 Å². The number of anilines is 1. The van der Waals surface area contributed by atoms with Gasteiger partial charge in [0, 0.05) is 30.7 Å². The average molecular weight is 228 g/mol. The van der Waals surface area contributed by atoms with Crippen molar-refractivity contribution in [1.29, 1.82) is 0 Å². The molecule has 0 radical (unpaired) electrons. The van der Waals surface area contributed by atoms with Gasteiger partial charge in [-0.05, 0) is 31.0 Å². The van der Waals surface area contributed by atoms with Crippen LogP contribution in [0.15, 0.2) is 30.7 Å². The zero-order valence-corrected chi connectivity index (χ0v) is 10.1. The number of pyridine rings is 1. The van der Waals surface area contributed by atoms with E-state index in [1.165, 1.54) is 0 Å². The molecule has 1 N–H and O–H groups in total. The van der Waals surface area contributed by atoms with E-state index in [9.17, 15) is 0 Å². The van der Waals surface area contributed by atoms with Crippen molar-refractivity contribution in [2.75, 3.05) is 11.9 Å². The van der Waals surface area contributed by atoms with Crippen LogP contribution in [0.4, 0.5) is 5.95 Å². The number of nitrogens with one attached hydrogen (secondary N) is 1. The number of nitrogens with zero attached hydrogens (tertiary/aromatic N) is 3. The standard InChI is InChI=1S/C13H16N4/c1-3-6-15-13-16-9-10(2)12(17-13)11-4-7-14-8-5-11/h4-5,7-9H,3,6H2,1-2H3,(H,15,16,17). The highest BCUT2D eigenvalue weighted by Gasteiger charge is 2.05. The summed E-state index contributed by atoms with van der Waals surface area (Å²) in [6, 6.07) is 3.91. The minimum absolute atomic E-state index is 0.685. The van der Waals surface area contributed by atoms with Crippen LogP contribution < -0.4 is 5.32 Å². The molecule has 0 saturated heterocycles. The predicted octanol–water partition coefficient (Wildman–Crippen LogP) is 2.67. The van der Waals surface area contributed by atoms with Crippen LogP contribution in [0, 0.1) is 6.92 Å². The van der Waals surface area contributed by atoms with Gasteiger partial charge in [0.05, 0.1) is 5.69 Å². The predicted molar refractivity (Wildman–Crippen MR) is 68.8 cm³/mol. The molecule has 0 aliphatic rings. The molecule has 4 heteroatoms.